The van der Waals surface area contributed by atoms with Crippen molar-refractivity contribution in [1.29, 1.82) is 0 Å². The maximum atomic E-state index is 13.5. The van der Waals surface area contributed by atoms with Crippen LogP contribution in [0.4, 0.5) is 11.5 Å². The van der Waals surface area contributed by atoms with Gasteiger partial charge in [-0.3, -0.25) is 4.79 Å². The number of hydrogen-bond donors (Lipinski definition) is 1. The number of hydrogen-bond acceptors (Lipinski definition) is 4. The van der Waals surface area contributed by atoms with Crippen LogP contribution in [0.1, 0.15) is 86.7 Å². The second kappa shape index (κ2) is 9.29. The van der Waals surface area contributed by atoms with Crippen LogP contribution in [0.25, 0.3) is 0 Å². The van der Waals surface area contributed by atoms with Gasteiger partial charge >= 0.3 is 0 Å². The van der Waals surface area contributed by atoms with Gasteiger partial charge < -0.3 is 15.1 Å². The molecule has 0 aliphatic carbocycles. The minimum atomic E-state index is -0.0194. The zero-order valence-corrected chi connectivity index (χ0v) is 19.4. The Morgan fingerprint density at radius 1 is 1.00 bits per heavy atom. The predicted octanol–water partition coefficient (Wildman–Crippen LogP) is 5.28. The summed E-state index contributed by atoms with van der Waals surface area (Å²) in [4.78, 5) is 22.9. The van der Waals surface area contributed by atoms with Crippen molar-refractivity contribution >= 4 is 17.4 Å². The number of carbonyl (C=O) groups is 1. The van der Waals surface area contributed by atoms with Gasteiger partial charge in [-0.05, 0) is 54.7 Å². The molecule has 1 atom stereocenters. The molecule has 1 amide bonds. The molecule has 0 bridgehead atoms. The summed E-state index contributed by atoms with van der Waals surface area (Å²) in [5.74, 6) is 1.62. The van der Waals surface area contributed by atoms with Gasteiger partial charge in [-0.1, -0.05) is 45.9 Å². The number of carbonyl (C=O) groups excluding carboxylic acids is 1. The van der Waals surface area contributed by atoms with Crippen molar-refractivity contribution in [3.8, 4) is 0 Å². The number of aromatic nitrogens is 1. The Morgan fingerprint density at radius 3 is 2.32 bits per heavy atom. The van der Waals surface area contributed by atoms with Crippen molar-refractivity contribution in [2.45, 2.75) is 71.4 Å². The molecule has 0 radical (unpaired) electrons. The SMILES string of the molecule is CC(C)c1cccc(C(C)C)c1C(=O)NC1CCCN1c1cc(N2CCCC2)ccn1. The Kier molecular flexibility index (Phi) is 6.49. The Morgan fingerprint density at radius 2 is 1.68 bits per heavy atom. The summed E-state index contributed by atoms with van der Waals surface area (Å²) in [5, 5.41) is 3.36. The average Bonchev–Trinajstić information content (AvgIpc) is 3.45. The number of benzene rings is 1. The molecule has 1 aromatic carbocycles. The van der Waals surface area contributed by atoms with Crippen LogP contribution in [0.2, 0.25) is 0 Å². The first-order valence-electron chi connectivity index (χ1n) is 11.9. The van der Waals surface area contributed by atoms with E-state index in [1.165, 1.54) is 18.5 Å². The third-order valence-corrected chi connectivity index (χ3v) is 6.65. The second-order valence-corrected chi connectivity index (χ2v) is 9.51. The molecule has 31 heavy (non-hydrogen) atoms. The summed E-state index contributed by atoms with van der Waals surface area (Å²) >= 11 is 0. The Hall–Kier alpha value is -2.56. The number of pyridine rings is 1. The lowest BCUT2D eigenvalue weighted by molar-refractivity contribution is 0.0935. The van der Waals surface area contributed by atoms with Gasteiger partial charge in [-0.25, -0.2) is 4.98 Å². The molecule has 1 unspecified atom stereocenters. The van der Waals surface area contributed by atoms with Crippen LogP contribution in [-0.4, -0.2) is 36.7 Å². The van der Waals surface area contributed by atoms with Gasteiger partial charge in [-0.15, -0.1) is 0 Å². The van der Waals surface area contributed by atoms with Crippen molar-refractivity contribution in [2.24, 2.45) is 0 Å². The molecular weight excluding hydrogens is 384 g/mol. The zero-order valence-electron chi connectivity index (χ0n) is 19.4. The maximum Gasteiger partial charge on any atom is 0.253 e. The fourth-order valence-corrected chi connectivity index (χ4v) is 4.96. The molecule has 3 heterocycles. The molecule has 0 spiro atoms. The molecule has 0 saturated carbocycles. The van der Waals surface area contributed by atoms with E-state index >= 15 is 0 Å². The van der Waals surface area contributed by atoms with Crippen molar-refractivity contribution in [3.05, 3.63) is 53.2 Å². The first-order chi connectivity index (χ1) is 15.0. The molecule has 5 nitrogen and oxygen atoms in total. The summed E-state index contributed by atoms with van der Waals surface area (Å²) < 4.78 is 0. The molecule has 1 aromatic heterocycles. The Labute approximate surface area is 186 Å². The zero-order chi connectivity index (χ0) is 22.0. The number of rotatable bonds is 6. The molecule has 2 fully saturated rings. The molecule has 2 aliphatic heterocycles. The van der Waals surface area contributed by atoms with Crippen LogP contribution >= 0.6 is 0 Å². The molecule has 1 N–H and O–H groups in total. The second-order valence-electron chi connectivity index (χ2n) is 9.51. The minimum absolute atomic E-state index is 0.0194. The number of anilines is 2. The Balaban J connectivity index is 1.57. The van der Waals surface area contributed by atoms with Crippen molar-refractivity contribution in [3.63, 3.8) is 0 Å². The van der Waals surface area contributed by atoms with Gasteiger partial charge in [0.1, 0.15) is 12.0 Å². The standard InChI is InChI=1S/C26H36N4O/c1-18(2)21-9-7-10-22(19(3)4)25(21)26(31)28-23-11-8-16-30(23)24-17-20(12-13-27-24)29-14-5-6-15-29/h7,9-10,12-13,17-19,23H,5-6,8,11,14-16H2,1-4H3,(H,28,31). The maximum absolute atomic E-state index is 13.5. The number of nitrogens with zero attached hydrogens (tertiary/aromatic N) is 3. The quantitative estimate of drug-likeness (QED) is 0.690. The molecule has 5 heteroatoms. The lowest BCUT2D eigenvalue weighted by atomic mass is 9.88. The van der Waals surface area contributed by atoms with Crippen LogP contribution in [0.3, 0.4) is 0 Å². The van der Waals surface area contributed by atoms with E-state index in [1.54, 1.807) is 0 Å². The van der Waals surface area contributed by atoms with Gasteiger partial charge in [0.25, 0.3) is 5.91 Å². The molecule has 166 valence electrons. The van der Waals surface area contributed by atoms with Crippen LogP contribution in [0, 0.1) is 0 Å². The number of amides is 1. The fraction of sp³-hybridized carbons (Fsp3) is 0.538. The molecular formula is C26H36N4O. The third-order valence-electron chi connectivity index (χ3n) is 6.65. The lowest BCUT2D eigenvalue weighted by Gasteiger charge is -2.29. The van der Waals surface area contributed by atoms with Crippen molar-refractivity contribution in [1.82, 2.24) is 10.3 Å². The first-order valence-corrected chi connectivity index (χ1v) is 11.9. The molecule has 4 rings (SSSR count). The van der Waals surface area contributed by atoms with E-state index in [-0.39, 0.29) is 12.1 Å². The van der Waals surface area contributed by atoms with Crippen LogP contribution in [-0.2, 0) is 0 Å². The van der Waals surface area contributed by atoms with E-state index < -0.39 is 0 Å². The van der Waals surface area contributed by atoms with Crippen molar-refractivity contribution in [2.75, 3.05) is 29.4 Å². The van der Waals surface area contributed by atoms with Crippen LogP contribution in [0.5, 0.6) is 0 Å². The van der Waals surface area contributed by atoms with Gasteiger partial charge in [0.15, 0.2) is 0 Å². The number of nitrogens with one attached hydrogen (secondary N) is 1. The molecule has 2 aliphatic rings. The largest absolute Gasteiger partial charge is 0.371 e. The van der Waals surface area contributed by atoms with E-state index in [2.05, 4.69) is 78.1 Å². The smallest absolute Gasteiger partial charge is 0.253 e. The highest BCUT2D eigenvalue weighted by molar-refractivity contribution is 5.98. The minimum Gasteiger partial charge on any atom is -0.371 e. The van der Waals surface area contributed by atoms with Gasteiger partial charge in [0.2, 0.25) is 0 Å². The Bertz CT molecular complexity index is 891. The highest BCUT2D eigenvalue weighted by Crippen LogP contribution is 2.30. The lowest BCUT2D eigenvalue weighted by Crippen LogP contribution is -2.45. The summed E-state index contributed by atoms with van der Waals surface area (Å²) in [6, 6.07) is 10.6. The fourth-order valence-electron chi connectivity index (χ4n) is 4.96. The summed E-state index contributed by atoms with van der Waals surface area (Å²) in [7, 11) is 0. The first kappa shape index (κ1) is 21.7. The van der Waals surface area contributed by atoms with Gasteiger partial charge in [0.05, 0.1) is 0 Å². The molecule has 2 saturated heterocycles. The highest BCUT2D eigenvalue weighted by Gasteiger charge is 2.30. The highest BCUT2D eigenvalue weighted by atomic mass is 16.1. The predicted molar refractivity (Wildman–Crippen MR) is 128 cm³/mol. The van der Waals surface area contributed by atoms with E-state index in [1.807, 2.05) is 6.20 Å². The normalized spacial score (nSPS) is 19.0. The average molecular weight is 421 g/mol. The summed E-state index contributed by atoms with van der Waals surface area (Å²) in [6.45, 7) is 11.8. The van der Waals surface area contributed by atoms with E-state index in [4.69, 9.17) is 0 Å². The van der Waals surface area contributed by atoms with E-state index in [0.29, 0.717) is 11.8 Å². The van der Waals surface area contributed by atoms with Gasteiger partial charge in [-0.2, -0.15) is 0 Å². The van der Waals surface area contributed by atoms with Crippen molar-refractivity contribution < 1.29 is 4.79 Å². The summed E-state index contributed by atoms with van der Waals surface area (Å²) in [6.07, 6.45) is 6.41. The van der Waals surface area contributed by atoms with E-state index in [9.17, 15) is 4.79 Å². The third kappa shape index (κ3) is 4.56. The molecule has 2 aromatic rings. The monoisotopic (exact) mass is 420 g/mol. The van der Waals surface area contributed by atoms with Gasteiger partial charge in [0, 0.05) is 43.1 Å². The van der Waals surface area contributed by atoms with Crippen LogP contribution in [0.15, 0.2) is 36.5 Å². The summed E-state index contributed by atoms with van der Waals surface area (Å²) in [5.41, 5.74) is 4.36. The van der Waals surface area contributed by atoms with E-state index in [0.717, 1.165) is 55.0 Å². The van der Waals surface area contributed by atoms with Crippen LogP contribution < -0.4 is 15.1 Å². The topological polar surface area (TPSA) is 48.5 Å².